The van der Waals surface area contributed by atoms with Crippen LogP contribution in [0.3, 0.4) is 0 Å². The van der Waals surface area contributed by atoms with Gasteiger partial charge in [-0.15, -0.1) is 0 Å². The molecular weight excluding hydrogens is 410 g/mol. The second-order valence-corrected chi connectivity index (χ2v) is 8.36. The molecule has 2 N–H and O–H groups in total. The van der Waals surface area contributed by atoms with Crippen molar-refractivity contribution >= 4 is 17.4 Å². The highest BCUT2D eigenvalue weighted by atomic mass is 19.3. The average molecular weight is 434 g/mol. The molecule has 1 atom stereocenters. The molecule has 1 aliphatic rings. The number of pyridine rings is 1. The second-order valence-electron chi connectivity index (χ2n) is 8.36. The Balaban J connectivity index is 1.55. The number of likely N-dealkylation sites (tertiary alicyclic amines) is 1. The highest BCUT2D eigenvalue weighted by molar-refractivity contribution is 5.72. The largest absolute Gasteiger partial charge is 0.487 e. The molecule has 4 rings (SSSR count). The van der Waals surface area contributed by atoms with Crippen LogP contribution in [-0.4, -0.2) is 55.2 Å². The number of carbonyl (C=O) groups excluding carboxylic acids is 1. The summed E-state index contributed by atoms with van der Waals surface area (Å²) in [6, 6.07) is 4.76. The van der Waals surface area contributed by atoms with Gasteiger partial charge in [0, 0.05) is 24.4 Å². The van der Waals surface area contributed by atoms with Gasteiger partial charge in [-0.3, -0.25) is 0 Å². The molecule has 0 radical (unpaired) electrons. The zero-order valence-electron chi connectivity index (χ0n) is 17.5. The van der Waals surface area contributed by atoms with E-state index >= 15 is 0 Å². The van der Waals surface area contributed by atoms with Crippen LogP contribution >= 0.6 is 0 Å². The molecule has 1 aliphatic heterocycles. The minimum Gasteiger partial charge on any atom is -0.487 e. The van der Waals surface area contributed by atoms with E-state index in [1.165, 1.54) is 6.20 Å². The highest BCUT2D eigenvalue weighted by Crippen LogP contribution is 2.34. The van der Waals surface area contributed by atoms with Crippen molar-refractivity contribution < 1.29 is 23.0 Å². The van der Waals surface area contributed by atoms with Gasteiger partial charge < -0.3 is 20.1 Å². The molecule has 0 aliphatic carbocycles. The molecule has 0 aromatic carbocycles. The number of ether oxygens (including phenoxy) is 2. The number of nitrogen functional groups attached to an aromatic ring is 1. The van der Waals surface area contributed by atoms with E-state index in [-0.39, 0.29) is 24.1 Å². The smallest absolute Gasteiger partial charge is 0.410 e. The van der Waals surface area contributed by atoms with E-state index in [4.69, 9.17) is 15.2 Å². The summed E-state index contributed by atoms with van der Waals surface area (Å²) in [5.41, 5.74) is 6.39. The minimum absolute atomic E-state index is 0.139. The van der Waals surface area contributed by atoms with Crippen molar-refractivity contribution in [2.45, 2.75) is 45.4 Å². The number of anilines is 1. The topological polar surface area (TPSA) is 99.9 Å². The van der Waals surface area contributed by atoms with Gasteiger partial charge in [-0.25, -0.2) is 9.31 Å². The summed E-state index contributed by atoms with van der Waals surface area (Å²) in [6.45, 7) is 3.25. The number of hydrogen-bond donors (Lipinski definition) is 1. The summed E-state index contributed by atoms with van der Waals surface area (Å²) in [5.74, 6) is 0.524. The number of fused-ring (bicyclic) bond motifs is 1. The zero-order valence-corrected chi connectivity index (χ0v) is 17.5. The van der Waals surface area contributed by atoms with Crippen LogP contribution in [0, 0.1) is 0 Å². The Kier molecular flexibility index (Phi) is 5.19. The number of carbonyl (C=O) groups is 1. The number of rotatable bonds is 5. The predicted octanol–water partition coefficient (Wildman–Crippen LogP) is 3.56. The molecule has 9 nitrogen and oxygen atoms in total. The lowest BCUT2D eigenvalue weighted by molar-refractivity contribution is -0.0141. The van der Waals surface area contributed by atoms with Crippen LogP contribution in [0.4, 0.5) is 19.4 Å². The third-order valence-corrected chi connectivity index (χ3v) is 4.91. The van der Waals surface area contributed by atoms with Crippen LogP contribution in [0.2, 0.25) is 0 Å². The lowest BCUT2D eigenvalue weighted by atomic mass is 10.1. The number of amides is 1. The number of hydrogen-bond acceptors (Lipinski definition) is 6. The highest BCUT2D eigenvalue weighted by Gasteiger charge is 2.36. The predicted molar refractivity (Wildman–Crippen MR) is 109 cm³/mol. The lowest BCUT2D eigenvalue weighted by Gasteiger charge is -2.40. The molecule has 3 aromatic rings. The van der Waals surface area contributed by atoms with E-state index in [1.807, 2.05) is 0 Å². The lowest BCUT2D eigenvalue weighted by Crippen LogP contribution is -2.55. The third kappa shape index (κ3) is 4.25. The van der Waals surface area contributed by atoms with Gasteiger partial charge >= 0.3 is 12.6 Å². The molecule has 0 bridgehead atoms. The van der Waals surface area contributed by atoms with E-state index in [9.17, 15) is 13.6 Å². The van der Waals surface area contributed by atoms with Gasteiger partial charge in [0.1, 0.15) is 23.7 Å². The van der Waals surface area contributed by atoms with Crippen molar-refractivity contribution in [2.24, 2.45) is 0 Å². The van der Waals surface area contributed by atoms with E-state index in [0.717, 1.165) is 6.42 Å². The first kappa shape index (κ1) is 20.9. The first-order valence-electron chi connectivity index (χ1n) is 9.86. The molecule has 1 saturated heterocycles. The average Bonchev–Trinajstić information content (AvgIpc) is 3.20. The number of nitrogens with zero attached hydrogens (tertiary/aromatic N) is 5. The number of aromatic nitrogens is 4. The van der Waals surface area contributed by atoms with Crippen molar-refractivity contribution in [3.05, 3.63) is 30.6 Å². The summed E-state index contributed by atoms with van der Waals surface area (Å²) in [5, 5.41) is 7.88. The molecule has 1 fully saturated rings. The van der Waals surface area contributed by atoms with Gasteiger partial charge in [0.05, 0.1) is 17.8 Å². The maximum absolute atomic E-state index is 13.6. The standard InChI is InChI=1S/C20H24F2N6O3/c1-20(2,3)31-19(29)26-6-5-13(26)11-30-15-10-24-28(18(21)22)17(15)12-4-7-27-14(8-12)9-16(23)25-27/h4,7-10,13,18H,5-6,11H2,1-3H3,(H2,23,25)/t13-/m1/s1. The van der Waals surface area contributed by atoms with E-state index in [2.05, 4.69) is 10.2 Å². The maximum Gasteiger partial charge on any atom is 0.410 e. The van der Waals surface area contributed by atoms with Crippen molar-refractivity contribution in [1.82, 2.24) is 24.3 Å². The van der Waals surface area contributed by atoms with Crippen molar-refractivity contribution in [2.75, 3.05) is 18.9 Å². The molecule has 4 heterocycles. The Bertz CT molecular complexity index is 1100. The third-order valence-electron chi connectivity index (χ3n) is 4.91. The van der Waals surface area contributed by atoms with Gasteiger partial charge in [0.2, 0.25) is 0 Å². The van der Waals surface area contributed by atoms with Gasteiger partial charge in [0.25, 0.3) is 0 Å². The fourth-order valence-corrected chi connectivity index (χ4v) is 3.40. The van der Waals surface area contributed by atoms with Crippen molar-refractivity contribution in [3.8, 4) is 17.0 Å². The molecule has 11 heteroatoms. The summed E-state index contributed by atoms with van der Waals surface area (Å²) >= 11 is 0. The van der Waals surface area contributed by atoms with Crippen LogP contribution in [-0.2, 0) is 4.74 Å². The maximum atomic E-state index is 13.6. The molecule has 1 amide bonds. The Labute approximate surface area is 177 Å². The zero-order chi connectivity index (χ0) is 22.3. The molecule has 0 saturated carbocycles. The SMILES string of the molecule is CC(C)(C)OC(=O)N1CC[C@@H]1COc1cnn(C(F)F)c1-c1ccn2nc(N)cc2c1. The summed E-state index contributed by atoms with van der Waals surface area (Å²) in [6.07, 6.45) is 3.20. The first-order chi connectivity index (χ1) is 14.6. The molecular formula is C20H24F2N6O3. The molecule has 0 unspecified atom stereocenters. The van der Waals surface area contributed by atoms with Crippen LogP contribution in [0.1, 0.15) is 33.7 Å². The summed E-state index contributed by atoms with van der Waals surface area (Å²) in [7, 11) is 0. The van der Waals surface area contributed by atoms with Gasteiger partial charge in [-0.2, -0.15) is 23.7 Å². The Morgan fingerprint density at radius 3 is 2.77 bits per heavy atom. The van der Waals surface area contributed by atoms with Crippen LogP contribution in [0.5, 0.6) is 5.75 Å². The fraction of sp³-hybridized carbons (Fsp3) is 0.450. The first-order valence-corrected chi connectivity index (χ1v) is 9.86. The van der Waals surface area contributed by atoms with Gasteiger partial charge in [-0.1, -0.05) is 0 Å². The Morgan fingerprint density at radius 2 is 2.13 bits per heavy atom. The van der Waals surface area contributed by atoms with Gasteiger partial charge in [-0.05, 0) is 39.3 Å². The van der Waals surface area contributed by atoms with E-state index in [1.54, 1.807) is 54.6 Å². The van der Waals surface area contributed by atoms with E-state index in [0.29, 0.717) is 28.1 Å². The monoisotopic (exact) mass is 434 g/mol. The number of alkyl halides is 2. The molecule has 31 heavy (non-hydrogen) atoms. The molecule has 0 spiro atoms. The van der Waals surface area contributed by atoms with Gasteiger partial charge in [0.15, 0.2) is 5.75 Å². The normalized spacial score (nSPS) is 16.6. The van der Waals surface area contributed by atoms with Crippen LogP contribution in [0.15, 0.2) is 30.6 Å². The second kappa shape index (κ2) is 7.71. The molecule has 3 aromatic heterocycles. The minimum atomic E-state index is -2.85. The van der Waals surface area contributed by atoms with Crippen LogP contribution < -0.4 is 10.5 Å². The van der Waals surface area contributed by atoms with Crippen LogP contribution in [0.25, 0.3) is 16.8 Å². The number of nitrogens with two attached hydrogens (primary N) is 1. The van der Waals surface area contributed by atoms with E-state index < -0.39 is 18.2 Å². The fourth-order valence-electron chi connectivity index (χ4n) is 3.40. The summed E-state index contributed by atoms with van der Waals surface area (Å²) in [4.78, 5) is 13.9. The Morgan fingerprint density at radius 1 is 1.35 bits per heavy atom. The molecule has 166 valence electrons. The summed E-state index contributed by atoms with van der Waals surface area (Å²) < 4.78 is 40.6. The van der Waals surface area contributed by atoms with Crippen molar-refractivity contribution in [3.63, 3.8) is 0 Å². The number of halogens is 2. The quantitative estimate of drug-likeness (QED) is 0.659. The van der Waals surface area contributed by atoms with Crippen molar-refractivity contribution in [1.29, 1.82) is 0 Å². The Hall–Kier alpha value is -3.37.